The van der Waals surface area contributed by atoms with Gasteiger partial charge in [0.15, 0.2) is 11.5 Å². The van der Waals surface area contributed by atoms with Crippen molar-refractivity contribution in [2.45, 2.75) is 33.3 Å². The first-order valence-corrected chi connectivity index (χ1v) is 9.06. The molecule has 1 saturated heterocycles. The average molecular weight is 372 g/mol. The van der Waals surface area contributed by atoms with E-state index in [0.29, 0.717) is 24.6 Å². The van der Waals surface area contributed by atoms with Crippen LogP contribution in [0.1, 0.15) is 41.7 Å². The molecule has 0 aliphatic carbocycles. The molecule has 0 radical (unpaired) electrons. The van der Waals surface area contributed by atoms with Crippen molar-refractivity contribution >= 4 is 11.8 Å². The number of pyridine rings is 1. The van der Waals surface area contributed by atoms with E-state index in [1.165, 1.54) is 0 Å². The Bertz CT molecular complexity index is 787. The molecule has 1 aliphatic rings. The fraction of sp³-hybridized carbons (Fsp3) is 0.474. The summed E-state index contributed by atoms with van der Waals surface area (Å²) in [7, 11) is 0. The molecule has 0 aromatic carbocycles. The summed E-state index contributed by atoms with van der Waals surface area (Å²) in [6.07, 6.45) is 3.58. The number of piperidine rings is 1. The van der Waals surface area contributed by atoms with Gasteiger partial charge in [0.1, 0.15) is 12.4 Å². The van der Waals surface area contributed by atoms with E-state index in [1.54, 1.807) is 19.2 Å². The molecule has 1 unspecified atom stereocenters. The van der Waals surface area contributed by atoms with Crippen LogP contribution < -0.4 is 10.1 Å². The smallest absolute Gasteiger partial charge is 0.273 e. The lowest BCUT2D eigenvalue weighted by atomic mass is 9.98. The molecule has 2 amide bonds. The first kappa shape index (κ1) is 18.9. The molecule has 1 fully saturated rings. The van der Waals surface area contributed by atoms with Crippen LogP contribution in [0, 0.1) is 12.8 Å². The third-order valence-electron chi connectivity index (χ3n) is 4.57. The molecule has 144 valence electrons. The van der Waals surface area contributed by atoms with Crippen LogP contribution in [0.15, 0.2) is 28.9 Å². The first-order valence-electron chi connectivity index (χ1n) is 9.06. The molecule has 2 aromatic rings. The van der Waals surface area contributed by atoms with Crippen molar-refractivity contribution in [3.8, 4) is 5.75 Å². The lowest BCUT2D eigenvalue weighted by molar-refractivity contribution is -0.130. The minimum atomic E-state index is -0.290. The minimum Gasteiger partial charge on any atom is -0.484 e. The lowest BCUT2D eigenvalue weighted by Gasteiger charge is -2.32. The molecular weight excluding hydrogens is 348 g/mol. The Morgan fingerprint density at radius 1 is 1.41 bits per heavy atom. The summed E-state index contributed by atoms with van der Waals surface area (Å²) in [5.74, 6) is 1.13. The Kier molecular flexibility index (Phi) is 6.05. The predicted molar refractivity (Wildman–Crippen MR) is 97.1 cm³/mol. The molecule has 8 heteroatoms. The monoisotopic (exact) mass is 372 g/mol. The van der Waals surface area contributed by atoms with Gasteiger partial charge in [-0.15, -0.1) is 0 Å². The van der Waals surface area contributed by atoms with Crippen molar-refractivity contribution < 1.29 is 18.8 Å². The summed E-state index contributed by atoms with van der Waals surface area (Å²) in [6.45, 7) is 5.63. The number of aryl methyl sites for hydroxylation is 1. The highest BCUT2D eigenvalue weighted by Gasteiger charge is 2.22. The largest absolute Gasteiger partial charge is 0.484 e. The maximum atomic E-state index is 12.3. The van der Waals surface area contributed by atoms with E-state index in [-0.39, 0.29) is 30.0 Å². The number of nitrogens with zero attached hydrogens (tertiary/aromatic N) is 3. The number of ether oxygens (including phenoxy) is 1. The van der Waals surface area contributed by atoms with Crippen LogP contribution in [0.25, 0.3) is 0 Å². The van der Waals surface area contributed by atoms with Crippen molar-refractivity contribution in [1.29, 1.82) is 0 Å². The van der Waals surface area contributed by atoms with E-state index in [1.807, 2.05) is 24.0 Å². The first-order chi connectivity index (χ1) is 13.0. The molecule has 0 bridgehead atoms. The van der Waals surface area contributed by atoms with Crippen LogP contribution in [-0.4, -0.2) is 46.5 Å². The van der Waals surface area contributed by atoms with Crippen LogP contribution in [0.3, 0.4) is 0 Å². The zero-order chi connectivity index (χ0) is 19.2. The fourth-order valence-electron chi connectivity index (χ4n) is 3.03. The second-order valence-electron chi connectivity index (χ2n) is 6.79. The number of nitrogens with one attached hydrogen (secondary N) is 1. The predicted octanol–water partition coefficient (Wildman–Crippen LogP) is 1.95. The second kappa shape index (κ2) is 8.66. The number of likely N-dealkylation sites (tertiary alicyclic amines) is 1. The van der Waals surface area contributed by atoms with Crippen molar-refractivity contribution in [3.05, 3.63) is 41.5 Å². The van der Waals surface area contributed by atoms with E-state index in [2.05, 4.69) is 15.5 Å². The van der Waals surface area contributed by atoms with Crippen LogP contribution in [0.4, 0.5) is 0 Å². The summed E-state index contributed by atoms with van der Waals surface area (Å²) in [5, 5.41) is 6.67. The van der Waals surface area contributed by atoms with Crippen molar-refractivity contribution in [2.24, 2.45) is 5.92 Å². The van der Waals surface area contributed by atoms with E-state index >= 15 is 0 Å². The Labute approximate surface area is 157 Å². The van der Waals surface area contributed by atoms with Crippen molar-refractivity contribution in [1.82, 2.24) is 20.4 Å². The third kappa shape index (κ3) is 5.29. The van der Waals surface area contributed by atoms with E-state index in [9.17, 15) is 9.59 Å². The van der Waals surface area contributed by atoms with Gasteiger partial charge in [0.2, 0.25) is 5.91 Å². The number of carbonyl (C=O) groups excluding carboxylic acids is 2. The van der Waals surface area contributed by atoms with Gasteiger partial charge in [-0.1, -0.05) is 5.16 Å². The van der Waals surface area contributed by atoms with Gasteiger partial charge in [-0.3, -0.25) is 14.6 Å². The molecule has 3 rings (SSSR count). The van der Waals surface area contributed by atoms with E-state index < -0.39 is 0 Å². The Morgan fingerprint density at radius 3 is 3.00 bits per heavy atom. The molecule has 2 aromatic heterocycles. The third-order valence-corrected chi connectivity index (χ3v) is 4.57. The quantitative estimate of drug-likeness (QED) is 0.832. The van der Waals surface area contributed by atoms with Gasteiger partial charge in [-0.25, -0.2) is 0 Å². The number of carbonyl (C=O) groups is 2. The van der Waals surface area contributed by atoms with Gasteiger partial charge in [0, 0.05) is 38.3 Å². The van der Waals surface area contributed by atoms with Gasteiger partial charge in [-0.2, -0.15) is 0 Å². The number of hydrogen-bond donors (Lipinski definition) is 1. The molecule has 8 nitrogen and oxygen atoms in total. The number of rotatable bonds is 6. The molecule has 1 atom stereocenters. The van der Waals surface area contributed by atoms with Gasteiger partial charge >= 0.3 is 0 Å². The summed E-state index contributed by atoms with van der Waals surface area (Å²) in [6, 6.07) is 5.24. The summed E-state index contributed by atoms with van der Waals surface area (Å²) in [4.78, 5) is 29.7. The summed E-state index contributed by atoms with van der Waals surface area (Å²) in [5.41, 5.74) is 1.13. The average Bonchev–Trinajstić information content (AvgIpc) is 3.15. The van der Waals surface area contributed by atoms with Crippen LogP contribution in [0.5, 0.6) is 5.75 Å². The highest BCUT2D eigenvalue weighted by atomic mass is 16.5. The van der Waals surface area contributed by atoms with E-state index in [4.69, 9.17) is 9.26 Å². The Morgan fingerprint density at radius 2 is 2.26 bits per heavy atom. The zero-order valence-corrected chi connectivity index (χ0v) is 15.6. The molecule has 1 N–H and O–H groups in total. The number of hydrogen-bond acceptors (Lipinski definition) is 6. The SMILES string of the molecule is CC(=O)N1CCCC(CNC(=O)c2cc(COc3ccc(C)nc3)on2)C1. The molecule has 3 heterocycles. The molecule has 1 aliphatic heterocycles. The van der Waals surface area contributed by atoms with E-state index in [0.717, 1.165) is 25.1 Å². The highest BCUT2D eigenvalue weighted by molar-refractivity contribution is 5.92. The maximum Gasteiger partial charge on any atom is 0.273 e. The van der Waals surface area contributed by atoms with Gasteiger partial charge < -0.3 is 19.5 Å². The van der Waals surface area contributed by atoms with Crippen molar-refractivity contribution in [3.63, 3.8) is 0 Å². The lowest BCUT2D eigenvalue weighted by Crippen LogP contribution is -2.42. The van der Waals surface area contributed by atoms with Crippen LogP contribution >= 0.6 is 0 Å². The number of amides is 2. The van der Waals surface area contributed by atoms with Crippen molar-refractivity contribution in [2.75, 3.05) is 19.6 Å². The standard InChI is InChI=1S/C19H24N4O4/c1-13-5-6-16(10-20-13)26-12-17-8-18(22-27-17)19(25)21-9-15-4-3-7-23(11-15)14(2)24/h5-6,8,10,15H,3-4,7,9,11-12H2,1-2H3,(H,21,25). The normalized spacial score (nSPS) is 16.8. The zero-order valence-electron chi connectivity index (χ0n) is 15.6. The maximum absolute atomic E-state index is 12.3. The summed E-state index contributed by atoms with van der Waals surface area (Å²) < 4.78 is 10.7. The minimum absolute atomic E-state index is 0.0796. The second-order valence-corrected chi connectivity index (χ2v) is 6.79. The van der Waals surface area contributed by atoms with Gasteiger partial charge in [0.25, 0.3) is 5.91 Å². The van der Waals surface area contributed by atoms with Gasteiger partial charge in [0.05, 0.1) is 6.20 Å². The molecule has 0 spiro atoms. The summed E-state index contributed by atoms with van der Waals surface area (Å²) >= 11 is 0. The van der Waals surface area contributed by atoms with Crippen LogP contribution in [-0.2, 0) is 11.4 Å². The Hall–Kier alpha value is -2.90. The van der Waals surface area contributed by atoms with Gasteiger partial charge in [-0.05, 0) is 37.8 Å². The molecular formula is C19H24N4O4. The molecule has 27 heavy (non-hydrogen) atoms. The van der Waals surface area contributed by atoms with Crippen LogP contribution in [0.2, 0.25) is 0 Å². The Balaban J connectivity index is 1.46. The topological polar surface area (TPSA) is 97.6 Å². The fourth-order valence-corrected chi connectivity index (χ4v) is 3.03. The highest BCUT2D eigenvalue weighted by Crippen LogP contribution is 2.16. The molecule has 0 saturated carbocycles. The number of aromatic nitrogens is 2.